The zero-order chi connectivity index (χ0) is 9.54. The van der Waals surface area contributed by atoms with Gasteiger partial charge in [-0.2, -0.15) is 4.98 Å². The van der Waals surface area contributed by atoms with Gasteiger partial charge in [-0.25, -0.2) is 4.98 Å². The molecule has 1 N–H and O–H groups in total. The molecule has 2 aromatic rings. The van der Waals surface area contributed by atoms with Crippen LogP contribution in [0.15, 0.2) is 10.7 Å². The molecule has 0 atom stereocenters. The number of hydrogen-bond donors (Lipinski definition) is 1. The summed E-state index contributed by atoms with van der Waals surface area (Å²) in [5, 5.41) is 3.93. The fourth-order valence-corrected chi connectivity index (χ4v) is 1.38. The Hall–Kier alpha value is -1.65. The molecule has 72 valence electrons. The van der Waals surface area contributed by atoms with Crippen LogP contribution in [-0.2, 0) is 0 Å². The van der Waals surface area contributed by atoms with Crippen LogP contribution in [0, 0.1) is 6.92 Å². The number of aromatic nitrogens is 4. The van der Waals surface area contributed by atoms with Gasteiger partial charge in [0.15, 0.2) is 5.82 Å². The van der Waals surface area contributed by atoms with Gasteiger partial charge in [0.05, 0.1) is 6.20 Å². The van der Waals surface area contributed by atoms with Gasteiger partial charge in [-0.3, -0.25) is 0 Å². The summed E-state index contributed by atoms with van der Waals surface area (Å²) in [5.74, 6) is 2.74. The molecule has 0 radical (unpaired) electrons. The number of nitrogens with one attached hydrogen (secondary N) is 1. The fraction of sp³-hybridized carbons (Fsp3) is 0.444. The highest BCUT2D eigenvalue weighted by molar-refractivity contribution is 5.45. The predicted octanol–water partition coefficient (Wildman–Crippen LogP) is 1.65. The minimum absolute atomic E-state index is 0.525. The SMILES string of the molecule is Cc1ncc(-c2nc(C3CC3)no2)[nH]1. The summed E-state index contributed by atoms with van der Waals surface area (Å²) in [6, 6.07) is 0. The van der Waals surface area contributed by atoms with E-state index in [1.807, 2.05) is 6.92 Å². The molecule has 5 nitrogen and oxygen atoms in total. The van der Waals surface area contributed by atoms with Crippen molar-refractivity contribution >= 4 is 0 Å². The summed E-state index contributed by atoms with van der Waals surface area (Å²) in [7, 11) is 0. The van der Waals surface area contributed by atoms with Gasteiger partial charge in [-0.15, -0.1) is 0 Å². The van der Waals surface area contributed by atoms with Crippen molar-refractivity contribution in [3.05, 3.63) is 17.8 Å². The summed E-state index contributed by atoms with van der Waals surface area (Å²) >= 11 is 0. The quantitative estimate of drug-likeness (QED) is 0.781. The van der Waals surface area contributed by atoms with Crippen molar-refractivity contribution in [3.8, 4) is 11.6 Å². The first kappa shape index (κ1) is 7.73. The summed E-state index contributed by atoms with van der Waals surface area (Å²) in [5.41, 5.74) is 0.793. The molecule has 5 heteroatoms. The van der Waals surface area contributed by atoms with E-state index in [0.717, 1.165) is 17.3 Å². The Labute approximate surface area is 80.6 Å². The highest BCUT2D eigenvalue weighted by atomic mass is 16.5. The Morgan fingerprint density at radius 3 is 3.00 bits per heavy atom. The normalized spacial score (nSPS) is 16.1. The third kappa shape index (κ3) is 1.21. The van der Waals surface area contributed by atoms with E-state index in [4.69, 9.17) is 4.52 Å². The van der Waals surface area contributed by atoms with Crippen LogP contribution in [-0.4, -0.2) is 20.1 Å². The first-order valence-electron chi connectivity index (χ1n) is 4.68. The van der Waals surface area contributed by atoms with Crippen molar-refractivity contribution in [1.29, 1.82) is 0 Å². The number of hydrogen-bond acceptors (Lipinski definition) is 4. The molecule has 2 heterocycles. The molecular weight excluding hydrogens is 180 g/mol. The number of rotatable bonds is 2. The largest absolute Gasteiger partial charge is 0.338 e. The molecule has 14 heavy (non-hydrogen) atoms. The van der Waals surface area contributed by atoms with Gasteiger partial charge in [0.25, 0.3) is 5.89 Å². The van der Waals surface area contributed by atoms with E-state index in [9.17, 15) is 0 Å². The minimum atomic E-state index is 0.525. The molecule has 1 saturated carbocycles. The van der Waals surface area contributed by atoms with Crippen LogP contribution < -0.4 is 0 Å². The number of aromatic amines is 1. The molecule has 3 rings (SSSR count). The monoisotopic (exact) mass is 190 g/mol. The molecule has 1 aliphatic carbocycles. The van der Waals surface area contributed by atoms with Crippen molar-refractivity contribution < 1.29 is 4.52 Å². The van der Waals surface area contributed by atoms with E-state index in [1.165, 1.54) is 12.8 Å². The Morgan fingerprint density at radius 2 is 2.36 bits per heavy atom. The van der Waals surface area contributed by atoms with Crippen LogP contribution in [0.1, 0.15) is 30.4 Å². The van der Waals surface area contributed by atoms with Crippen molar-refractivity contribution in [1.82, 2.24) is 20.1 Å². The molecule has 2 aromatic heterocycles. The fourth-order valence-electron chi connectivity index (χ4n) is 1.38. The number of H-pyrrole nitrogens is 1. The van der Waals surface area contributed by atoms with Gasteiger partial charge in [0.1, 0.15) is 11.5 Å². The van der Waals surface area contributed by atoms with Crippen LogP contribution in [0.5, 0.6) is 0 Å². The molecule has 0 bridgehead atoms. The molecule has 0 aromatic carbocycles. The molecule has 0 saturated heterocycles. The number of aryl methyl sites for hydroxylation is 1. The Balaban J connectivity index is 1.95. The molecule has 1 aliphatic rings. The Morgan fingerprint density at radius 1 is 1.50 bits per heavy atom. The first-order valence-corrected chi connectivity index (χ1v) is 4.68. The Bertz CT molecular complexity index is 455. The van der Waals surface area contributed by atoms with E-state index < -0.39 is 0 Å². The maximum atomic E-state index is 5.13. The summed E-state index contributed by atoms with van der Waals surface area (Å²) in [6.07, 6.45) is 4.07. The highest BCUT2D eigenvalue weighted by Crippen LogP contribution is 2.38. The van der Waals surface area contributed by atoms with Gasteiger partial charge in [0.2, 0.25) is 0 Å². The van der Waals surface area contributed by atoms with E-state index in [-0.39, 0.29) is 0 Å². The highest BCUT2D eigenvalue weighted by Gasteiger charge is 2.29. The lowest BCUT2D eigenvalue weighted by molar-refractivity contribution is 0.421. The van der Waals surface area contributed by atoms with Crippen LogP contribution in [0.25, 0.3) is 11.6 Å². The van der Waals surface area contributed by atoms with Gasteiger partial charge in [0, 0.05) is 5.92 Å². The summed E-state index contributed by atoms with van der Waals surface area (Å²) in [6.45, 7) is 1.89. The number of imidazole rings is 1. The van der Waals surface area contributed by atoms with Crippen LogP contribution in [0.2, 0.25) is 0 Å². The van der Waals surface area contributed by atoms with E-state index in [0.29, 0.717) is 11.8 Å². The molecule has 0 aliphatic heterocycles. The van der Waals surface area contributed by atoms with Crippen molar-refractivity contribution in [3.63, 3.8) is 0 Å². The van der Waals surface area contributed by atoms with Gasteiger partial charge in [-0.1, -0.05) is 5.16 Å². The van der Waals surface area contributed by atoms with Crippen molar-refractivity contribution in [2.45, 2.75) is 25.7 Å². The maximum Gasteiger partial charge on any atom is 0.275 e. The lowest BCUT2D eigenvalue weighted by Gasteiger charge is -1.84. The van der Waals surface area contributed by atoms with Crippen LogP contribution in [0.3, 0.4) is 0 Å². The van der Waals surface area contributed by atoms with Crippen LogP contribution >= 0.6 is 0 Å². The Kier molecular flexibility index (Phi) is 1.47. The van der Waals surface area contributed by atoms with E-state index in [1.54, 1.807) is 6.20 Å². The second-order valence-electron chi connectivity index (χ2n) is 3.61. The minimum Gasteiger partial charge on any atom is -0.338 e. The zero-order valence-electron chi connectivity index (χ0n) is 7.82. The average molecular weight is 190 g/mol. The maximum absolute atomic E-state index is 5.13. The lowest BCUT2D eigenvalue weighted by atomic mass is 10.4. The van der Waals surface area contributed by atoms with Crippen LogP contribution in [0.4, 0.5) is 0 Å². The average Bonchev–Trinajstić information content (AvgIpc) is 2.76. The van der Waals surface area contributed by atoms with Gasteiger partial charge in [-0.05, 0) is 19.8 Å². The molecular formula is C9H10N4O. The summed E-state index contributed by atoms with van der Waals surface area (Å²) in [4.78, 5) is 11.4. The topological polar surface area (TPSA) is 67.6 Å². The molecule has 0 amide bonds. The second-order valence-corrected chi connectivity index (χ2v) is 3.61. The molecule has 1 fully saturated rings. The number of nitrogens with zero attached hydrogens (tertiary/aromatic N) is 3. The van der Waals surface area contributed by atoms with Gasteiger partial charge >= 0.3 is 0 Å². The predicted molar refractivity (Wildman–Crippen MR) is 48.6 cm³/mol. The smallest absolute Gasteiger partial charge is 0.275 e. The third-order valence-electron chi connectivity index (χ3n) is 2.32. The first-order chi connectivity index (χ1) is 6.83. The van der Waals surface area contributed by atoms with E-state index in [2.05, 4.69) is 20.1 Å². The van der Waals surface area contributed by atoms with Crippen molar-refractivity contribution in [2.75, 3.05) is 0 Å². The third-order valence-corrected chi connectivity index (χ3v) is 2.32. The second kappa shape index (κ2) is 2.67. The molecule has 0 spiro atoms. The van der Waals surface area contributed by atoms with Gasteiger partial charge < -0.3 is 9.51 Å². The van der Waals surface area contributed by atoms with E-state index >= 15 is 0 Å². The summed E-state index contributed by atoms with van der Waals surface area (Å²) < 4.78 is 5.13. The molecule has 0 unspecified atom stereocenters. The lowest BCUT2D eigenvalue weighted by Crippen LogP contribution is -1.82. The standard InChI is InChI=1S/C9H10N4O/c1-5-10-4-7(11-5)9-12-8(13-14-9)6-2-3-6/h4,6H,2-3H2,1H3,(H,10,11). The van der Waals surface area contributed by atoms with Crippen molar-refractivity contribution in [2.24, 2.45) is 0 Å². The zero-order valence-corrected chi connectivity index (χ0v) is 7.82.